The maximum Gasteiger partial charge on any atom is 0.252 e. The van der Waals surface area contributed by atoms with Crippen molar-refractivity contribution in [1.29, 1.82) is 0 Å². The van der Waals surface area contributed by atoms with Crippen molar-refractivity contribution in [3.05, 3.63) is 58.7 Å². The number of aryl methyl sites for hydroxylation is 3. The molecule has 2 aromatic carbocycles. The first-order valence-corrected chi connectivity index (χ1v) is 8.70. The van der Waals surface area contributed by atoms with E-state index in [9.17, 15) is 4.79 Å². The molecule has 0 aliphatic rings. The molecule has 0 fully saturated rings. The van der Waals surface area contributed by atoms with Crippen LogP contribution in [0.2, 0.25) is 0 Å². The lowest BCUT2D eigenvalue weighted by molar-refractivity contribution is 0.108. The smallest absolute Gasteiger partial charge is 0.252 e. The summed E-state index contributed by atoms with van der Waals surface area (Å²) >= 11 is 7.20. The van der Waals surface area contributed by atoms with Crippen LogP contribution in [0.5, 0.6) is 0 Å². The normalized spacial score (nSPS) is 9.81. The number of carbonyl (C=O) groups excluding carboxylic acids is 1. The number of rotatable bonds is 2. The van der Waals surface area contributed by atoms with Gasteiger partial charge in [0, 0.05) is 10.5 Å². The van der Waals surface area contributed by atoms with Crippen molar-refractivity contribution in [1.82, 2.24) is 0 Å². The van der Waals surface area contributed by atoms with E-state index < -0.39 is 0 Å². The Labute approximate surface area is 138 Å². The molecule has 4 heteroatoms. The fourth-order valence-electron chi connectivity index (χ4n) is 2.09. The summed E-state index contributed by atoms with van der Waals surface area (Å²) in [5.41, 5.74) is 3.70. The molecular weight excluding hydrogens is 319 g/mol. The minimum atomic E-state index is -0.370. The molecule has 1 atom stereocenters. The summed E-state index contributed by atoms with van der Waals surface area (Å²) in [4.78, 5) is 12.3. The Bertz CT molecular complexity index is 600. The third kappa shape index (κ3) is 5.82. The fourth-order valence-corrected chi connectivity index (χ4v) is 2.99. The van der Waals surface area contributed by atoms with Gasteiger partial charge in [-0.1, -0.05) is 29.8 Å². The Morgan fingerprint density at radius 2 is 1.52 bits per heavy atom. The summed E-state index contributed by atoms with van der Waals surface area (Å²) in [6.45, 7) is 5.80. The van der Waals surface area contributed by atoms with Gasteiger partial charge in [0.15, 0.2) is 0 Å². The molecule has 2 aromatic rings. The maximum absolute atomic E-state index is 11.0. The third-order valence-electron chi connectivity index (χ3n) is 2.99. The highest BCUT2D eigenvalue weighted by atomic mass is 35.5. The molecule has 21 heavy (non-hydrogen) atoms. The lowest BCUT2D eigenvalue weighted by atomic mass is 10.0. The fraction of sp³-hybridized carbons (Fsp3) is 0.235. The summed E-state index contributed by atoms with van der Waals surface area (Å²) in [7, 11) is 2.66. The number of benzene rings is 2. The van der Waals surface area contributed by atoms with Gasteiger partial charge >= 0.3 is 0 Å². The Balaban J connectivity index is 0.000000219. The topological polar surface area (TPSA) is 17.1 Å². The van der Waals surface area contributed by atoms with Crippen LogP contribution in [0.3, 0.4) is 0 Å². The number of hydrogen-bond donors (Lipinski definition) is 0. The van der Waals surface area contributed by atoms with E-state index in [0.29, 0.717) is 5.56 Å². The number of thioether (sulfide) groups is 1. The summed E-state index contributed by atoms with van der Waals surface area (Å²) in [5.74, 6) is 0. The molecule has 0 aliphatic carbocycles. The average Bonchev–Trinajstić information content (AvgIpc) is 2.38. The lowest BCUT2D eigenvalue weighted by Crippen LogP contribution is -1.98. The van der Waals surface area contributed by atoms with E-state index >= 15 is 0 Å². The molecule has 0 aliphatic heterocycles. The van der Waals surface area contributed by atoms with E-state index in [-0.39, 0.29) is 5.24 Å². The monoisotopic (exact) mass is 338 g/mol. The minimum absolute atomic E-state index is 0.370. The first-order valence-electron chi connectivity index (χ1n) is 6.52. The highest BCUT2D eigenvalue weighted by Gasteiger charge is 2.09. The van der Waals surface area contributed by atoms with Gasteiger partial charge in [0.2, 0.25) is 0 Å². The van der Waals surface area contributed by atoms with Gasteiger partial charge in [0.25, 0.3) is 5.24 Å². The number of carbonyl (C=O) groups is 1. The molecule has 0 amide bonds. The van der Waals surface area contributed by atoms with Gasteiger partial charge in [-0.25, -0.2) is 0 Å². The van der Waals surface area contributed by atoms with Gasteiger partial charge in [-0.2, -0.15) is 0 Å². The van der Waals surface area contributed by atoms with Crippen LogP contribution in [-0.2, 0) is 0 Å². The molecule has 0 heterocycles. The molecule has 1 unspecified atom stereocenters. The summed E-state index contributed by atoms with van der Waals surface area (Å²) < 4.78 is 0. The van der Waals surface area contributed by atoms with Crippen LogP contribution in [0.1, 0.15) is 27.0 Å². The summed E-state index contributed by atoms with van der Waals surface area (Å²) in [6.07, 6.45) is 2.08. The Morgan fingerprint density at radius 1 is 1.05 bits per heavy atom. The third-order valence-corrected chi connectivity index (χ3v) is 4.31. The van der Waals surface area contributed by atoms with Crippen LogP contribution < -0.4 is 5.30 Å². The first-order chi connectivity index (χ1) is 9.85. The highest BCUT2D eigenvalue weighted by molar-refractivity contribution is 7.98. The van der Waals surface area contributed by atoms with Gasteiger partial charge in [-0.15, -0.1) is 21.0 Å². The van der Waals surface area contributed by atoms with Crippen LogP contribution in [0.25, 0.3) is 0 Å². The largest absolute Gasteiger partial charge is 0.276 e. The predicted octanol–water partition coefficient (Wildman–Crippen LogP) is 4.90. The molecule has 0 aromatic heterocycles. The molecule has 0 radical (unpaired) electrons. The van der Waals surface area contributed by atoms with Gasteiger partial charge < -0.3 is 0 Å². The van der Waals surface area contributed by atoms with Crippen molar-refractivity contribution in [2.24, 2.45) is 0 Å². The second kappa shape index (κ2) is 8.58. The molecular formula is C17H20ClOPS. The molecule has 112 valence electrons. The standard InChI is InChI=1S/C10H11ClO.C7H9PS/c1-6-4-7(2)9(10(11)12)8(3)5-6;1-9-7-4-2-6(8)3-5-7/h4-5H,1-3H3;2-5H,8H2,1H3. The zero-order valence-corrected chi connectivity index (χ0v) is 15.5. The zero-order chi connectivity index (χ0) is 16.0. The van der Waals surface area contributed by atoms with Crippen molar-refractivity contribution in [3.63, 3.8) is 0 Å². The zero-order valence-electron chi connectivity index (χ0n) is 12.7. The quantitative estimate of drug-likeness (QED) is 0.440. The van der Waals surface area contributed by atoms with Gasteiger partial charge in [-0.3, -0.25) is 4.79 Å². The highest BCUT2D eigenvalue weighted by Crippen LogP contribution is 2.18. The van der Waals surface area contributed by atoms with Crippen molar-refractivity contribution in [2.75, 3.05) is 6.26 Å². The predicted molar refractivity (Wildman–Crippen MR) is 98.4 cm³/mol. The van der Waals surface area contributed by atoms with Crippen molar-refractivity contribution < 1.29 is 4.79 Å². The Hall–Kier alpha value is -0.820. The molecule has 0 bridgehead atoms. The van der Waals surface area contributed by atoms with E-state index in [4.69, 9.17) is 11.6 Å². The summed E-state index contributed by atoms with van der Waals surface area (Å²) in [6, 6.07) is 12.3. The number of halogens is 1. The molecule has 0 saturated heterocycles. The SMILES string of the molecule is CSc1ccc(P)cc1.Cc1cc(C)c(C(=O)Cl)c(C)c1. The molecule has 1 nitrogen and oxygen atoms in total. The van der Waals surface area contributed by atoms with E-state index in [1.54, 1.807) is 11.8 Å². The van der Waals surface area contributed by atoms with E-state index in [1.807, 2.05) is 32.9 Å². The molecule has 2 rings (SSSR count). The second-order valence-corrected chi connectivity index (χ2v) is 6.71. The first kappa shape index (κ1) is 18.2. The van der Waals surface area contributed by atoms with Gasteiger partial charge in [-0.05, 0) is 67.2 Å². The molecule has 0 saturated carbocycles. The van der Waals surface area contributed by atoms with E-state index in [2.05, 4.69) is 39.8 Å². The Kier molecular flexibility index (Phi) is 7.45. The lowest BCUT2D eigenvalue weighted by Gasteiger charge is -2.05. The average molecular weight is 339 g/mol. The van der Waals surface area contributed by atoms with Gasteiger partial charge in [0.05, 0.1) is 0 Å². The van der Waals surface area contributed by atoms with Crippen LogP contribution in [0, 0.1) is 20.8 Å². The van der Waals surface area contributed by atoms with Crippen LogP contribution >= 0.6 is 32.6 Å². The second-order valence-electron chi connectivity index (χ2n) is 4.82. The molecule has 0 N–H and O–H groups in total. The van der Waals surface area contributed by atoms with Gasteiger partial charge in [0.1, 0.15) is 0 Å². The van der Waals surface area contributed by atoms with E-state index in [0.717, 1.165) is 16.7 Å². The van der Waals surface area contributed by atoms with Crippen LogP contribution in [-0.4, -0.2) is 11.5 Å². The minimum Gasteiger partial charge on any atom is -0.276 e. The van der Waals surface area contributed by atoms with Crippen molar-refractivity contribution in [2.45, 2.75) is 25.7 Å². The maximum atomic E-state index is 11.0. The molecule has 0 spiro atoms. The van der Waals surface area contributed by atoms with E-state index in [1.165, 1.54) is 10.2 Å². The van der Waals surface area contributed by atoms with Crippen molar-refractivity contribution in [3.8, 4) is 0 Å². The number of hydrogen-bond acceptors (Lipinski definition) is 2. The Morgan fingerprint density at radius 3 is 1.90 bits per heavy atom. The van der Waals surface area contributed by atoms with Crippen LogP contribution in [0.4, 0.5) is 0 Å². The summed E-state index contributed by atoms with van der Waals surface area (Å²) in [5, 5.41) is 0.873. The van der Waals surface area contributed by atoms with Crippen molar-refractivity contribution >= 4 is 43.1 Å². The van der Waals surface area contributed by atoms with Crippen LogP contribution in [0.15, 0.2) is 41.3 Å².